The van der Waals surface area contributed by atoms with Gasteiger partial charge in [-0.15, -0.1) is 34.7 Å². The van der Waals surface area contributed by atoms with Crippen molar-refractivity contribution in [3.8, 4) is 0 Å². The molecule has 2 amide bonds. The van der Waals surface area contributed by atoms with Gasteiger partial charge in [0.2, 0.25) is 5.91 Å². The zero-order chi connectivity index (χ0) is 15.6. The van der Waals surface area contributed by atoms with Crippen LogP contribution in [0.3, 0.4) is 0 Å². The topological polar surface area (TPSA) is 40.6 Å². The second-order valence-electron chi connectivity index (χ2n) is 5.55. The largest absolute Gasteiger partial charge is 0.342 e. The van der Waals surface area contributed by atoms with E-state index in [9.17, 15) is 9.59 Å². The van der Waals surface area contributed by atoms with Crippen LogP contribution in [0, 0.1) is 0 Å². The monoisotopic (exact) mass is 358 g/mol. The zero-order valence-corrected chi connectivity index (χ0v) is 14.7. The number of rotatable bonds is 3. The molecule has 2 aliphatic heterocycles. The number of thioether (sulfide) groups is 1. The van der Waals surface area contributed by atoms with Crippen molar-refractivity contribution in [2.45, 2.75) is 24.1 Å². The second kappa shape index (κ2) is 6.81. The van der Waals surface area contributed by atoms with Gasteiger partial charge in [-0.25, -0.2) is 0 Å². The highest BCUT2D eigenvalue weighted by atomic mass is 35.5. The maximum atomic E-state index is 12.7. The van der Waals surface area contributed by atoms with Gasteiger partial charge >= 0.3 is 0 Å². The number of likely N-dealkylation sites (tertiary alicyclic amines) is 1. The highest BCUT2D eigenvalue weighted by Gasteiger charge is 2.47. The number of carbonyl (C=O) groups excluding carboxylic acids is 2. The van der Waals surface area contributed by atoms with Crippen molar-refractivity contribution in [2.75, 3.05) is 31.3 Å². The highest BCUT2D eigenvalue weighted by Crippen LogP contribution is 2.44. The molecule has 0 N–H and O–H groups in total. The minimum absolute atomic E-state index is 0.126. The SMILES string of the molecule is O=C(CCCl)N1CCC2(CC1)SCCN2C(=O)c1cccs1. The van der Waals surface area contributed by atoms with Crippen molar-refractivity contribution in [1.82, 2.24) is 9.80 Å². The van der Waals surface area contributed by atoms with E-state index in [0.717, 1.165) is 43.1 Å². The molecule has 1 aromatic heterocycles. The van der Waals surface area contributed by atoms with Gasteiger partial charge in [0.15, 0.2) is 0 Å². The Kier molecular flexibility index (Phi) is 5.00. The van der Waals surface area contributed by atoms with Crippen LogP contribution in [-0.2, 0) is 4.79 Å². The maximum Gasteiger partial charge on any atom is 0.265 e. The molecule has 3 rings (SSSR count). The van der Waals surface area contributed by atoms with Crippen molar-refractivity contribution < 1.29 is 9.59 Å². The molecule has 22 heavy (non-hydrogen) atoms. The average Bonchev–Trinajstić information content (AvgIpc) is 3.18. The van der Waals surface area contributed by atoms with Crippen LogP contribution >= 0.6 is 34.7 Å². The summed E-state index contributed by atoms with van der Waals surface area (Å²) in [6.45, 7) is 2.24. The Labute approximate surface area is 143 Å². The lowest BCUT2D eigenvalue weighted by molar-refractivity contribution is -0.132. The van der Waals surface area contributed by atoms with Crippen LogP contribution in [0.2, 0.25) is 0 Å². The van der Waals surface area contributed by atoms with E-state index in [1.54, 1.807) is 0 Å². The Hall–Kier alpha value is -0.720. The summed E-state index contributed by atoms with van der Waals surface area (Å²) in [7, 11) is 0. The number of alkyl halides is 1. The summed E-state index contributed by atoms with van der Waals surface area (Å²) in [5.41, 5.74) is 0. The molecule has 2 saturated heterocycles. The van der Waals surface area contributed by atoms with Gasteiger partial charge in [0, 0.05) is 37.7 Å². The molecule has 120 valence electrons. The van der Waals surface area contributed by atoms with Crippen molar-refractivity contribution in [2.24, 2.45) is 0 Å². The summed E-state index contributed by atoms with van der Waals surface area (Å²) >= 11 is 9.02. The smallest absolute Gasteiger partial charge is 0.265 e. The second-order valence-corrected chi connectivity index (χ2v) is 8.33. The van der Waals surface area contributed by atoms with Gasteiger partial charge in [-0.05, 0) is 24.3 Å². The van der Waals surface area contributed by atoms with Gasteiger partial charge in [0.25, 0.3) is 5.91 Å². The van der Waals surface area contributed by atoms with Crippen molar-refractivity contribution in [3.05, 3.63) is 22.4 Å². The van der Waals surface area contributed by atoms with Crippen LogP contribution in [0.15, 0.2) is 17.5 Å². The zero-order valence-electron chi connectivity index (χ0n) is 12.3. The molecule has 0 aromatic carbocycles. The third kappa shape index (κ3) is 3.01. The van der Waals surface area contributed by atoms with Gasteiger partial charge in [-0.2, -0.15) is 0 Å². The number of halogens is 1. The highest BCUT2D eigenvalue weighted by molar-refractivity contribution is 8.00. The van der Waals surface area contributed by atoms with Crippen molar-refractivity contribution >= 4 is 46.5 Å². The molecule has 0 bridgehead atoms. The quantitative estimate of drug-likeness (QED) is 0.780. The molecule has 0 radical (unpaired) electrons. The van der Waals surface area contributed by atoms with E-state index in [0.29, 0.717) is 12.3 Å². The number of hydrogen-bond donors (Lipinski definition) is 0. The first-order valence-corrected chi connectivity index (χ1v) is 9.89. The first-order chi connectivity index (χ1) is 10.7. The molecule has 0 aliphatic carbocycles. The third-order valence-electron chi connectivity index (χ3n) is 4.36. The summed E-state index contributed by atoms with van der Waals surface area (Å²) in [5.74, 6) is 1.62. The fraction of sp³-hybridized carbons (Fsp3) is 0.600. The Balaban J connectivity index is 1.68. The molecule has 4 nitrogen and oxygen atoms in total. The van der Waals surface area contributed by atoms with E-state index in [1.807, 2.05) is 39.1 Å². The van der Waals surface area contributed by atoms with Crippen LogP contribution in [0.5, 0.6) is 0 Å². The number of carbonyl (C=O) groups is 2. The Morgan fingerprint density at radius 3 is 2.68 bits per heavy atom. The van der Waals surface area contributed by atoms with Gasteiger partial charge in [0.05, 0.1) is 9.75 Å². The predicted octanol–water partition coefficient (Wildman–Crippen LogP) is 2.88. The first-order valence-electron chi connectivity index (χ1n) is 7.49. The lowest BCUT2D eigenvalue weighted by Gasteiger charge is -2.44. The number of piperidine rings is 1. The molecule has 0 unspecified atom stereocenters. The van der Waals surface area contributed by atoms with Gasteiger partial charge in [-0.3, -0.25) is 9.59 Å². The summed E-state index contributed by atoms with van der Waals surface area (Å²) in [6, 6.07) is 3.81. The van der Waals surface area contributed by atoms with E-state index in [2.05, 4.69) is 0 Å². The molecule has 2 fully saturated rings. The van der Waals surface area contributed by atoms with Crippen molar-refractivity contribution in [3.63, 3.8) is 0 Å². The number of nitrogens with zero attached hydrogens (tertiary/aromatic N) is 2. The van der Waals surface area contributed by atoms with E-state index >= 15 is 0 Å². The first kappa shape index (κ1) is 16.1. The number of hydrogen-bond acceptors (Lipinski definition) is 4. The summed E-state index contributed by atoms with van der Waals surface area (Å²) in [5, 5.41) is 1.94. The summed E-state index contributed by atoms with van der Waals surface area (Å²) < 4.78 is 0. The lowest BCUT2D eigenvalue weighted by Crippen LogP contribution is -2.53. The van der Waals surface area contributed by atoms with E-state index < -0.39 is 0 Å². The predicted molar refractivity (Wildman–Crippen MR) is 91.7 cm³/mol. The lowest BCUT2D eigenvalue weighted by atomic mass is 10.0. The minimum atomic E-state index is -0.126. The summed E-state index contributed by atoms with van der Waals surface area (Å²) in [6.07, 6.45) is 2.10. The molecule has 0 saturated carbocycles. The van der Waals surface area contributed by atoms with Crippen LogP contribution in [0.25, 0.3) is 0 Å². The number of thiophene rings is 1. The standard InChI is InChI=1S/C15H19ClN2O2S2/c16-6-3-13(19)17-7-4-15(5-8-17)18(9-11-22-15)14(20)12-2-1-10-21-12/h1-2,10H,3-9,11H2. The van der Waals surface area contributed by atoms with Crippen molar-refractivity contribution in [1.29, 1.82) is 0 Å². The fourth-order valence-corrected chi connectivity index (χ4v) is 5.48. The third-order valence-corrected chi connectivity index (χ3v) is 6.96. The Morgan fingerprint density at radius 2 is 2.05 bits per heavy atom. The van der Waals surface area contributed by atoms with Crippen LogP contribution < -0.4 is 0 Å². The molecule has 2 aliphatic rings. The molecular formula is C15H19ClN2O2S2. The molecular weight excluding hydrogens is 340 g/mol. The van der Waals surface area contributed by atoms with E-state index in [-0.39, 0.29) is 16.7 Å². The summed E-state index contributed by atoms with van der Waals surface area (Å²) in [4.78, 5) is 29.3. The molecule has 1 aromatic rings. The molecule has 3 heterocycles. The average molecular weight is 359 g/mol. The molecule has 0 atom stereocenters. The normalized spacial score (nSPS) is 20.6. The van der Waals surface area contributed by atoms with Gasteiger partial charge in [-0.1, -0.05) is 6.07 Å². The van der Waals surface area contributed by atoms with E-state index in [4.69, 9.17) is 11.6 Å². The van der Waals surface area contributed by atoms with Gasteiger partial charge in [0.1, 0.15) is 0 Å². The Morgan fingerprint density at radius 1 is 1.27 bits per heavy atom. The Bertz CT molecular complexity index is 542. The van der Waals surface area contributed by atoms with Gasteiger partial charge < -0.3 is 9.80 Å². The van der Waals surface area contributed by atoms with E-state index in [1.165, 1.54) is 11.3 Å². The van der Waals surface area contributed by atoms with Crippen LogP contribution in [0.4, 0.5) is 0 Å². The van der Waals surface area contributed by atoms with Crippen LogP contribution in [-0.4, -0.2) is 57.8 Å². The minimum Gasteiger partial charge on any atom is -0.342 e. The maximum absolute atomic E-state index is 12.7. The fourth-order valence-electron chi connectivity index (χ4n) is 3.19. The molecule has 1 spiro atoms. The number of amides is 2. The van der Waals surface area contributed by atoms with Crippen LogP contribution in [0.1, 0.15) is 28.9 Å². The molecule has 7 heteroatoms.